The quantitative estimate of drug-likeness (QED) is 0.394. The maximum absolute atomic E-state index is 6.78. The molecule has 0 bridgehead atoms. The number of rotatable bonds is 9. The van der Waals surface area contributed by atoms with Crippen LogP contribution in [0, 0.1) is 0 Å². The Morgan fingerprint density at radius 3 is 0.870 bits per heavy atom. The van der Waals surface area contributed by atoms with Gasteiger partial charge in [0.25, 0.3) is 0 Å². The van der Waals surface area contributed by atoms with E-state index in [4.69, 9.17) is 9.22 Å². The van der Waals surface area contributed by atoms with Crippen molar-refractivity contribution in [1.29, 1.82) is 0 Å². The molecule has 0 rings (SSSR count). The van der Waals surface area contributed by atoms with Gasteiger partial charge >= 0.3 is 151 Å². The summed E-state index contributed by atoms with van der Waals surface area (Å²) >= 11 is -3.92. The first-order chi connectivity index (χ1) is 10.1. The van der Waals surface area contributed by atoms with E-state index in [0.29, 0.717) is 0 Å². The van der Waals surface area contributed by atoms with Crippen LogP contribution in [0.15, 0.2) is 0 Å². The zero-order chi connectivity index (χ0) is 18.7. The number of hydrogen-bond acceptors (Lipinski definition) is 3. The van der Waals surface area contributed by atoms with Gasteiger partial charge in [-0.3, -0.25) is 0 Å². The Labute approximate surface area is 151 Å². The second kappa shape index (κ2) is 7.92. The van der Waals surface area contributed by atoms with E-state index in [-0.39, 0.29) is 20.2 Å². The molecule has 0 aromatic rings. The maximum atomic E-state index is 6.78. The molecule has 3 nitrogen and oxygen atoms in total. The van der Waals surface area contributed by atoms with Gasteiger partial charge < -0.3 is 0 Å². The van der Waals surface area contributed by atoms with Crippen LogP contribution in [0.5, 0.6) is 0 Å². The van der Waals surface area contributed by atoms with E-state index >= 15 is 0 Å². The molecule has 0 fully saturated rings. The SMILES string of the molecule is CCC(C)(C)[O][Sn]([O]C(C)(C)CC)([O]C(C)(C)CC)[C](C)(C)C. The van der Waals surface area contributed by atoms with Gasteiger partial charge in [0.2, 0.25) is 0 Å². The molecule has 0 saturated carbocycles. The van der Waals surface area contributed by atoms with Crippen molar-refractivity contribution in [3.05, 3.63) is 0 Å². The van der Waals surface area contributed by atoms with Crippen molar-refractivity contribution in [2.75, 3.05) is 0 Å². The summed E-state index contributed by atoms with van der Waals surface area (Å²) in [5.41, 5.74) is -0.717. The molecule has 0 N–H and O–H groups in total. The fourth-order valence-corrected chi connectivity index (χ4v) is 12.3. The third kappa shape index (κ3) is 7.21. The van der Waals surface area contributed by atoms with Gasteiger partial charge in [0.15, 0.2) is 0 Å². The Morgan fingerprint density at radius 2 is 0.739 bits per heavy atom. The molecule has 0 aliphatic heterocycles. The van der Waals surface area contributed by atoms with Crippen LogP contribution < -0.4 is 0 Å². The molecule has 0 atom stereocenters. The molecule has 0 aromatic carbocycles. The average molecular weight is 437 g/mol. The number of hydrogen-bond donors (Lipinski definition) is 0. The Bertz CT molecular complexity index is 322. The Hall–Kier alpha value is 0.679. The van der Waals surface area contributed by atoms with E-state index in [1.807, 2.05) is 0 Å². The Morgan fingerprint density at radius 1 is 0.522 bits per heavy atom. The molecule has 0 unspecified atom stereocenters. The fourth-order valence-electron chi connectivity index (χ4n) is 1.83. The van der Waals surface area contributed by atoms with Gasteiger partial charge in [0, 0.05) is 0 Å². The van der Waals surface area contributed by atoms with E-state index in [0.717, 1.165) is 19.3 Å². The van der Waals surface area contributed by atoms with Gasteiger partial charge in [-0.15, -0.1) is 0 Å². The summed E-state index contributed by atoms with van der Waals surface area (Å²) in [5.74, 6) is 0. The van der Waals surface area contributed by atoms with Gasteiger partial charge in [-0.05, 0) is 0 Å². The zero-order valence-electron chi connectivity index (χ0n) is 17.8. The van der Waals surface area contributed by atoms with Crippen molar-refractivity contribution in [3.8, 4) is 0 Å². The van der Waals surface area contributed by atoms with E-state index in [9.17, 15) is 0 Å². The molecule has 23 heavy (non-hydrogen) atoms. The topological polar surface area (TPSA) is 27.7 Å². The monoisotopic (exact) mass is 438 g/mol. The zero-order valence-corrected chi connectivity index (χ0v) is 20.7. The molecular weight excluding hydrogens is 395 g/mol. The third-order valence-corrected chi connectivity index (χ3v) is 17.0. The first-order valence-electron chi connectivity index (χ1n) is 9.16. The predicted molar refractivity (Wildman–Crippen MR) is 102 cm³/mol. The summed E-state index contributed by atoms with van der Waals surface area (Å²) in [7, 11) is 0. The van der Waals surface area contributed by atoms with Gasteiger partial charge in [0.05, 0.1) is 0 Å². The molecule has 4 heteroatoms. The minimum absolute atomic E-state index is 0.125. The van der Waals surface area contributed by atoms with Gasteiger partial charge in [0.1, 0.15) is 0 Å². The van der Waals surface area contributed by atoms with Crippen LogP contribution in [-0.2, 0) is 9.22 Å². The van der Waals surface area contributed by atoms with Crippen molar-refractivity contribution in [3.63, 3.8) is 0 Å². The van der Waals surface area contributed by atoms with Crippen molar-refractivity contribution in [1.82, 2.24) is 0 Å². The van der Waals surface area contributed by atoms with Crippen LogP contribution in [0.2, 0.25) is 3.43 Å². The fraction of sp³-hybridized carbons (Fsp3) is 1.00. The van der Waals surface area contributed by atoms with Gasteiger partial charge in [-0.2, -0.15) is 0 Å². The van der Waals surface area contributed by atoms with Crippen LogP contribution in [0.4, 0.5) is 0 Å². The molecule has 140 valence electrons. The molecular formula is C19H42O3Sn. The average Bonchev–Trinajstić information content (AvgIpc) is 2.36. The normalized spacial score (nSPS) is 15.1. The van der Waals surface area contributed by atoms with Crippen LogP contribution in [0.1, 0.15) is 102 Å². The first kappa shape index (κ1) is 23.7. The molecule has 0 saturated heterocycles. The van der Waals surface area contributed by atoms with Gasteiger partial charge in [-0.25, -0.2) is 0 Å². The molecule has 0 aromatic heterocycles. The van der Waals surface area contributed by atoms with Crippen LogP contribution in [0.25, 0.3) is 0 Å². The molecule has 0 heterocycles. The molecule has 0 amide bonds. The molecule has 0 radical (unpaired) electrons. The van der Waals surface area contributed by atoms with Crippen molar-refractivity contribution < 1.29 is 9.22 Å². The molecule has 0 spiro atoms. The van der Waals surface area contributed by atoms with Gasteiger partial charge in [-0.1, -0.05) is 0 Å². The standard InChI is InChI=1S/3C5H11O.C4H9.Sn/c3*1-4-5(2,3)6;1-4(2)3;/h3*4H2,1-3H3;1-3H3;/q3*-1;;+3. The first-order valence-corrected chi connectivity index (χ1v) is 14.1. The van der Waals surface area contributed by atoms with E-state index < -0.39 is 19.6 Å². The summed E-state index contributed by atoms with van der Waals surface area (Å²) in [6, 6.07) is 0. The summed E-state index contributed by atoms with van der Waals surface area (Å²) in [6.07, 6.45) is 2.81. The summed E-state index contributed by atoms with van der Waals surface area (Å²) in [6.45, 7) is 26.0. The predicted octanol–water partition coefficient (Wildman–Crippen LogP) is 6.34. The third-order valence-electron chi connectivity index (χ3n) is 4.70. The van der Waals surface area contributed by atoms with Crippen LogP contribution >= 0.6 is 0 Å². The van der Waals surface area contributed by atoms with Crippen LogP contribution in [0.3, 0.4) is 0 Å². The van der Waals surface area contributed by atoms with Crippen molar-refractivity contribution in [2.24, 2.45) is 0 Å². The molecule has 0 aliphatic rings. The minimum atomic E-state index is -3.92. The summed E-state index contributed by atoms with van der Waals surface area (Å²) < 4.78 is 20.2. The van der Waals surface area contributed by atoms with Crippen molar-refractivity contribution in [2.45, 2.75) is 123 Å². The second-order valence-corrected chi connectivity index (χ2v) is 18.7. The van der Waals surface area contributed by atoms with Crippen molar-refractivity contribution >= 4 is 19.6 Å². The van der Waals surface area contributed by atoms with E-state index in [1.165, 1.54) is 0 Å². The Balaban J connectivity index is 6.04. The molecule has 0 aliphatic carbocycles. The van der Waals surface area contributed by atoms with Crippen LogP contribution in [-0.4, -0.2) is 36.4 Å². The van der Waals surface area contributed by atoms with E-state index in [2.05, 4.69) is 83.1 Å². The Kier molecular flexibility index (Phi) is 8.16. The second-order valence-electron chi connectivity index (χ2n) is 9.45. The summed E-state index contributed by atoms with van der Waals surface area (Å²) in [5, 5.41) is 0. The summed E-state index contributed by atoms with van der Waals surface area (Å²) in [4.78, 5) is 0. The van der Waals surface area contributed by atoms with E-state index in [1.54, 1.807) is 0 Å².